The number of carbonyl (C=O) groups is 1. The third-order valence-electron chi connectivity index (χ3n) is 6.35. The van der Waals surface area contributed by atoms with Gasteiger partial charge in [-0.3, -0.25) is 9.52 Å². The summed E-state index contributed by atoms with van der Waals surface area (Å²) in [6, 6.07) is 18.3. The van der Waals surface area contributed by atoms with Gasteiger partial charge in [0, 0.05) is 31.7 Å². The molecule has 1 heterocycles. The largest absolute Gasteiger partial charge is 0.495 e. The van der Waals surface area contributed by atoms with E-state index < -0.39 is 10.0 Å². The van der Waals surface area contributed by atoms with E-state index in [1.54, 1.807) is 37.1 Å². The molecule has 0 aromatic heterocycles. The fraction of sp³-hybridized carbons (Fsp3) is 0.296. The standard InChI is InChI=1S/C27H31N3O4S/c1-19-9-10-20(2)23(17-19)28-35(32,33)26-18-22(12-11-21(26)3)27(31)30-15-13-29(14-16-30)24-7-5-6-8-25(24)34-4/h5-12,17-18,28H,13-16H2,1-4H3. The molecule has 0 radical (unpaired) electrons. The number of anilines is 2. The molecule has 0 spiro atoms. The van der Waals surface area contributed by atoms with Crippen LogP contribution >= 0.6 is 0 Å². The number of methoxy groups -OCH3 is 1. The second kappa shape index (κ2) is 10.00. The van der Waals surface area contributed by atoms with Crippen LogP contribution in [0.5, 0.6) is 5.75 Å². The smallest absolute Gasteiger partial charge is 0.262 e. The Morgan fingerprint density at radius 3 is 2.29 bits per heavy atom. The molecule has 8 heteroatoms. The topological polar surface area (TPSA) is 79.0 Å². The van der Waals surface area contributed by atoms with Crippen molar-refractivity contribution < 1.29 is 17.9 Å². The van der Waals surface area contributed by atoms with Crippen LogP contribution in [0.4, 0.5) is 11.4 Å². The van der Waals surface area contributed by atoms with Crippen LogP contribution in [0.1, 0.15) is 27.0 Å². The molecular formula is C27H31N3O4S. The number of sulfonamides is 1. The first kappa shape index (κ1) is 24.6. The Bertz CT molecular complexity index is 1350. The highest BCUT2D eigenvalue weighted by atomic mass is 32.2. The molecule has 184 valence electrons. The summed E-state index contributed by atoms with van der Waals surface area (Å²) in [5, 5.41) is 0. The quantitative estimate of drug-likeness (QED) is 0.551. The highest BCUT2D eigenvalue weighted by molar-refractivity contribution is 7.92. The lowest BCUT2D eigenvalue weighted by molar-refractivity contribution is 0.0746. The van der Waals surface area contributed by atoms with Gasteiger partial charge in [-0.25, -0.2) is 8.42 Å². The maximum absolute atomic E-state index is 13.3. The zero-order valence-electron chi connectivity index (χ0n) is 20.5. The lowest BCUT2D eigenvalue weighted by atomic mass is 10.1. The van der Waals surface area contributed by atoms with Gasteiger partial charge in [-0.1, -0.05) is 30.3 Å². The number of nitrogens with one attached hydrogen (secondary N) is 1. The van der Waals surface area contributed by atoms with Gasteiger partial charge in [0.1, 0.15) is 5.75 Å². The van der Waals surface area contributed by atoms with Crippen LogP contribution < -0.4 is 14.4 Å². The van der Waals surface area contributed by atoms with Gasteiger partial charge in [-0.2, -0.15) is 0 Å². The van der Waals surface area contributed by atoms with Crippen LogP contribution in [0, 0.1) is 20.8 Å². The number of benzene rings is 3. The molecule has 0 saturated carbocycles. The summed E-state index contributed by atoms with van der Waals surface area (Å²) < 4.78 is 34.6. The minimum absolute atomic E-state index is 0.108. The fourth-order valence-electron chi connectivity index (χ4n) is 4.29. The summed E-state index contributed by atoms with van der Waals surface area (Å²) in [5.74, 6) is 0.630. The minimum Gasteiger partial charge on any atom is -0.495 e. The Labute approximate surface area is 207 Å². The number of piperazine rings is 1. The van der Waals surface area contributed by atoms with Crippen molar-refractivity contribution in [2.45, 2.75) is 25.7 Å². The van der Waals surface area contributed by atoms with Crippen LogP contribution in [0.2, 0.25) is 0 Å². The zero-order valence-corrected chi connectivity index (χ0v) is 21.4. The number of ether oxygens (including phenoxy) is 1. The molecule has 1 aliphatic rings. The minimum atomic E-state index is -3.87. The van der Waals surface area contributed by atoms with Crippen molar-refractivity contribution in [2.75, 3.05) is 42.9 Å². The van der Waals surface area contributed by atoms with Crippen molar-refractivity contribution >= 4 is 27.3 Å². The molecule has 1 amide bonds. The molecule has 3 aromatic rings. The van der Waals surface area contributed by atoms with E-state index in [1.807, 2.05) is 50.2 Å². The van der Waals surface area contributed by atoms with Crippen LogP contribution in [0.25, 0.3) is 0 Å². The molecule has 3 aromatic carbocycles. The van der Waals surface area contributed by atoms with E-state index in [0.717, 1.165) is 22.6 Å². The summed E-state index contributed by atoms with van der Waals surface area (Å²) in [4.78, 5) is 17.4. The van der Waals surface area contributed by atoms with Crippen LogP contribution in [-0.4, -0.2) is 52.5 Å². The third kappa shape index (κ3) is 5.27. The van der Waals surface area contributed by atoms with E-state index in [4.69, 9.17) is 4.74 Å². The average molecular weight is 494 g/mol. The molecule has 0 unspecified atom stereocenters. The predicted molar refractivity (Wildman–Crippen MR) is 139 cm³/mol. The summed E-state index contributed by atoms with van der Waals surface area (Å²) in [7, 11) is -2.22. The number of hydrogen-bond donors (Lipinski definition) is 1. The zero-order chi connectivity index (χ0) is 25.2. The molecule has 0 atom stereocenters. The van der Waals surface area contributed by atoms with E-state index in [9.17, 15) is 13.2 Å². The number of aryl methyl sites for hydroxylation is 3. The van der Waals surface area contributed by atoms with Gasteiger partial charge in [-0.15, -0.1) is 0 Å². The Hall–Kier alpha value is -3.52. The summed E-state index contributed by atoms with van der Waals surface area (Å²) in [5.41, 5.74) is 4.28. The van der Waals surface area contributed by atoms with Crippen molar-refractivity contribution in [1.29, 1.82) is 0 Å². The second-order valence-corrected chi connectivity index (χ2v) is 10.5. The first-order chi connectivity index (χ1) is 16.7. The van der Waals surface area contributed by atoms with Gasteiger partial charge in [0.25, 0.3) is 15.9 Å². The lowest BCUT2D eigenvalue weighted by Crippen LogP contribution is -2.48. The van der Waals surface area contributed by atoms with Crippen LogP contribution in [0.3, 0.4) is 0 Å². The number of rotatable bonds is 6. The van der Waals surface area contributed by atoms with Crippen molar-refractivity contribution in [1.82, 2.24) is 4.90 Å². The Morgan fingerprint density at radius 2 is 1.57 bits per heavy atom. The van der Waals surface area contributed by atoms with E-state index in [2.05, 4.69) is 9.62 Å². The number of amides is 1. The van der Waals surface area contributed by atoms with Gasteiger partial charge in [0.05, 0.1) is 23.4 Å². The van der Waals surface area contributed by atoms with Crippen LogP contribution in [-0.2, 0) is 10.0 Å². The fourth-order valence-corrected chi connectivity index (χ4v) is 5.69. The SMILES string of the molecule is COc1ccccc1N1CCN(C(=O)c2ccc(C)c(S(=O)(=O)Nc3cc(C)ccc3C)c2)CC1. The normalized spacial score (nSPS) is 14.1. The van der Waals surface area contributed by atoms with Crippen molar-refractivity contribution in [3.63, 3.8) is 0 Å². The number of carbonyl (C=O) groups excluding carboxylic acids is 1. The Kier molecular flexibility index (Phi) is 7.03. The molecular weight excluding hydrogens is 462 g/mol. The lowest BCUT2D eigenvalue weighted by Gasteiger charge is -2.36. The van der Waals surface area contributed by atoms with Crippen LogP contribution in [0.15, 0.2) is 65.6 Å². The highest BCUT2D eigenvalue weighted by Gasteiger charge is 2.26. The molecule has 1 N–H and O–H groups in total. The summed E-state index contributed by atoms with van der Waals surface area (Å²) in [6.07, 6.45) is 0. The maximum Gasteiger partial charge on any atom is 0.262 e. The summed E-state index contributed by atoms with van der Waals surface area (Å²) >= 11 is 0. The van der Waals surface area contributed by atoms with E-state index in [0.29, 0.717) is 43.0 Å². The third-order valence-corrected chi connectivity index (χ3v) is 7.86. The first-order valence-electron chi connectivity index (χ1n) is 11.6. The average Bonchev–Trinajstić information content (AvgIpc) is 2.86. The molecule has 1 aliphatic heterocycles. The van der Waals surface area contributed by atoms with Gasteiger partial charge < -0.3 is 14.5 Å². The molecule has 35 heavy (non-hydrogen) atoms. The van der Waals surface area contributed by atoms with E-state index >= 15 is 0 Å². The number of nitrogens with zero attached hydrogens (tertiary/aromatic N) is 2. The van der Waals surface area contributed by atoms with E-state index in [-0.39, 0.29) is 10.8 Å². The van der Waals surface area contributed by atoms with Crippen molar-refractivity contribution in [3.05, 3.63) is 82.9 Å². The summed E-state index contributed by atoms with van der Waals surface area (Å²) in [6.45, 7) is 7.90. The monoisotopic (exact) mass is 493 g/mol. The molecule has 1 saturated heterocycles. The Balaban J connectivity index is 1.51. The maximum atomic E-state index is 13.3. The van der Waals surface area contributed by atoms with Gasteiger partial charge in [0.15, 0.2) is 0 Å². The Morgan fingerprint density at radius 1 is 0.886 bits per heavy atom. The molecule has 7 nitrogen and oxygen atoms in total. The van der Waals surface area contributed by atoms with Gasteiger partial charge in [-0.05, 0) is 67.8 Å². The van der Waals surface area contributed by atoms with Gasteiger partial charge in [0.2, 0.25) is 0 Å². The van der Waals surface area contributed by atoms with Crippen molar-refractivity contribution in [3.8, 4) is 5.75 Å². The predicted octanol–water partition coefficient (Wildman–Crippen LogP) is 4.38. The van der Waals surface area contributed by atoms with Gasteiger partial charge >= 0.3 is 0 Å². The molecule has 0 bridgehead atoms. The molecule has 4 rings (SSSR count). The van der Waals surface area contributed by atoms with Crippen molar-refractivity contribution in [2.24, 2.45) is 0 Å². The number of para-hydroxylation sites is 2. The second-order valence-electron chi connectivity index (χ2n) is 8.86. The molecule has 0 aliphatic carbocycles. The molecule has 1 fully saturated rings. The highest BCUT2D eigenvalue weighted by Crippen LogP contribution is 2.29. The van der Waals surface area contributed by atoms with E-state index in [1.165, 1.54) is 6.07 Å². The number of hydrogen-bond acceptors (Lipinski definition) is 5. The first-order valence-corrected chi connectivity index (χ1v) is 13.1.